The fraction of sp³-hybridized carbons (Fsp3) is 0.714. The van der Waals surface area contributed by atoms with Crippen molar-refractivity contribution < 1.29 is 0 Å². The summed E-state index contributed by atoms with van der Waals surface area (Å²) in [6.07, 6.45) is 6.99. The molecule has 1 aliphatic rings. The molecule has 1 aromatic rings. The second kappa shape index (κ2) is 6.53. The molecular formula is C14H24N2S. The summed E-state index contributed by atoms with van der Waals surface area (Å²) in [6, 6.07) is 2.30. The number of thiophene rings is 1. The average molecular weight is 252 g/mol. The van der Waals surface area contributed by atoms with Crippen molar-refractivity contribution in [3.8, 4) is 0 Å². The number of nitrogens with two attached hydrogens (primary N) is 1. The quantitative estimate of drug-likeness (QED) is 0.894. The Balaban J connectivity index is 1.95. The smallest absolute Gasteiger partial charge is 0.0274 e. The van der Waals surface area contributed by atoms with Gasteiger partial charge in [-0.05, 0) is 44.5 Å². The van der Waals surface area contributed by atoms with Gasteiger partial charge in [0.1, 0.15) is 0 Å². The van der Waals surface area contributed by atoms with Crippen LogP contribution >= 0.6 is 11.3 Å². The number of hydrogen-bond donors (Lipinski definition) is 1. The Morgan fingerprint density at radius 1 is 1.18 bits per heavy atom. The summed E-state index contributed by atoms with van der Waals surface area (Å²) >= 11 is 1.86. The van der Waals surface area contributed by atoms with E-state index in [1.54, 1.807) is 0 Å². The second-order valence-electron chi connectivity index (χ2n) is 5.04. The summed E-state index contributed by atoms with van der Waals surface area (Å²) in [6.45, 7) is 6.58. The van der Waals surface area contributed by atoms with Crippen molar-refractivity contribution in [2.45, 2.75) is 52.1 Å². The maximum atomic E-state index is 5.71. The van der Waals surface area contributed by atoms with Gasteiger partial charge < -0.3 is 5.73 Å². The molecular weight excluding hydrogens is 228 g/mol. The minimum atomic E-state index is 0.686. The van der Waals surface area contributed by atoms with E-state index in [0.717, 1.165) is 6.54 Å². The van der Waals surface area contributed by atoms with Gasteiger partial charge in [-0.1, -0.05) is 19.3 Å². The summed E-state index contributed by atoms with van der Waals surface area (Å²) < 4.78 is 0. The lowest BCUT2D eigenvalue weighted by molar-refractivity contribution is 0.239. The van der Waals surface area contributed by atoms with Gasteiger partial charge in [-0.25, -0.2) is 0 Å². The third-order valence-electron chi connectivity index (χ3n) is 3.62. The van der Waals surface area contributed by atoms with Crippen molar-refractivity contribution >= 4 is 11.3 Å². The van der Waals surface area contributed by atoms with E-state index < -0.39 is 0 Å². The van der Waals surface area contributed by atoms with Crippen LogP contribution in [0.1, 0.15) is 47.4 Å². The summed E-state index contributed by atoms with van der Waals surface area (Å²) in [5.41, 5.74) is 7.20. The van der Waals surface area contributed by atoms with Gasteiger partial charge in [0.2, 0.25) is 0 Å². The number of hydrogen-bond acceptors (Lipinski definition) is 3. The highest BCUT2D eigenvalue weighted by molar-refractivity contribution is 7.12. The van der Waals surface area contributed by atoms with Crippen LogP contribution in [0.2, 0.25) is 0 Å². The molecule has 1 fully saturated rings. The van der Waals surface area contributed by atoms with Crippen LogP contribution in [0.4, 0.5) is 0 Å². The Hall–Kier alpha value is -0.380. The minimum absolute atomic E-state index is 0.686. The molecule has 0 aliphatic carbocycles. The van der Waals surface area contributed by atoms with E-state index in [9.17, 15) is 0 Å². The molecule has 0 unspecified atom stereocenters. The number of likely N-dealkylation sites (tertiary alicyclic amines) is 1. The molecule has 0 atom stereocenters. The van der Waals surface area contributed by atoms with E-state index in [-0.39, 0.29) is 0 Å². The van der Waals surface area contributed by atoms with Gasteiger partial charge in [0, 0.05) is 22.8 Å². The molecule has 1 aromatic heterocycles. The number of aryl methyl sites for hydroxylation is 1. The van der Waals surface area contributed by atoms with Gasteiger partial charge in [0.15, 0.2) is 0 Å². The molecule has 1 aliphatic heterocycles. The van der Waals surface area contributed by atoms with Crippen LogP contribution in [0.15, 0.2) is 6.07 Å². The van der Waals surface area contributed by atoms with E-state index in [0.29, 0.717) is 6.54 Å². The molecule has 2 nitrogen and oxygen atoms in total. The van der Waals surface area contributed by atoms with Crippen molar-refractivity contribution in [3.63, 3.8) is 0 Å². The highest BCUT2D eigenvalue weighted by atomic mass is 32.1. The number of nitrogens with zero attached hydrogens (tertiary/aromatic N) is 1. The summed E-state index contributed by atoms with van der Waals surface area (Å²) in [5.74, 6) is 0. The normalized spacial score (nSPS) is 18.9. The van der Waals surface area contributed by atoms with E-state index in [1.165, 1.54) is 60.5 Å². The molecule has 0 radical (unpaired) electrons. The van der Waals surface area contributed by atoms with Crippen LogP contribution in [0.3, 0.4) is 0 Å². The van der Waals surface area contributed by atoms with Gasteiger partial charge in [0.05, 0.1) is 0 Å². The third kappa shape index (κ3) is 3.80. The average Bonchev–Trinajstić information content (AvgIpc) is 2.63. The van der Waals surface area contributed by atoms with Gasteiger partial charge in [-0.15, -0.1) is 11.3 Å². The first-order chi connectivity index (χ1) is 8.29. The van der Waals surface area contributed by atoms with Crippen molar-refractivity contribution in [1.82, 2.24) is 4.90 Å². The molecule has 0 amide bonds. The first-order valence-electron chi connectivity index (χ1n) is 6.80. The lowest BCUT2D eigenvalue weighted by Crippen LogP contribution is -2.26. The molecule has 96 valence electrons. The Labute approximate surface area is 109 Å². The maximum absolute atomic E-state index is 5.71. The zero-order valence-corrected chi connectivity index (χ0v) is 11.7. The van der Waals surface area contributed by atoms with Gasteiger partial charge in [-0.3, -0.25) is 4.90 Å². The SMILES string of the molecule is Cc1sc(CN)cc1CN1CCCCCCC1. The van der Waals surface area contributed by atoms with E-state index in [2.05, 4.69) is 17.9 Å². The van der Waals surface area contributed by atoms with Crippen molar-refractivity contribution in [2.75, 3.05) is 13.1 Å². The van der Waals surface area contributed by atoms with Crippen LogP contribution in [-0.2, 0) is 13.1 Å². The molecule has 0 spiro atoms. The molecule has 2 heterocycles. The van der Waals surface area contributed by atoms with E-state index >= 15 is 0 Å². The van der Waals surface area contributed by atoms with Crippen molar-refractivity contribution in [1.29, 1.82) is 0 Å². The molecule has 2 N–H and O–H groups in total. The predicted octanol–water partition coefficient (Wildman–Crippen LogP) is 3.28. The molecule has 0 bridgehead atoms. The monoisotopic (exact) mass is 252 g/mol. The molecule has 2 rings (SSSR count). The summed E-state index contributed by atoms with van der Waals surface area (Å²) in [7, 11) is 0. The van der Waals surface area contributed by atoms with Crippen molar-refractivity contribution in [2.24, 2.45) is 5.73 Å². The Morgan fingerprint density at radius 2 is 1.82 bits per heavy atom. The maximum Gasteiger partial charge on any atom is 0.0274 e. The van der Waals surface area contributed by atoms with E-state index in [1.807, 2.05) is 11.3 Å². The van der Waals surface area contributed by atoms with Crippen molar-refractivity contribution in [3.05, 3.63) is 21.4 Å². The van der Waals surface area contributed by atoms with Gasteiger partial charge in [-0.2, -0.15) is 0 Å². The Kier molecular flexibility index (Phi) is 5.01. The molecule has 3 heteroatoms. The van der Waals surface area contributed by atoms with Crippen LogP contribution in [0, 0.1) is 6.92 Å². The Bertz CT molecular complexity index is 338. The summed E-state index contributed by atoms with van der Waals surface area (Å²) in [4.78, 5) is 5.39. The molecule has 1 saturated heterocycles. The fourth-order valence-corrected chi connectivity index (χ4v) is 3.49. The van der Waals surface area contributed by atoms with Crippen LogP contribution in [0.25, 0.3) is 0 Å². The Morgan fingerprint density at radius 3 is 2.41 bits per heavy atom. The fourth-order valence-electron chi connectivity index (χ4n) is 2.56. The van der Waals surface area contributed by atoms with Crippen LogP contribution in [-0.4, -0.2) is 18.0 Å². The number of rotatable bonds is 3. The second-order valence-corrected chi connectivity index (χ2v) is 6.38. The van der Waals surface area contributed by atoms with Gasteiger partial charge >= 0.3 is 0 Å². The highest BCUT2D eigenvalue weighted by Gasteiger charge is 2.11. The lowest BCUT2D eigenvalue weighted by atomic mass is 10.1. The van der Waals surface area contributed by atoms with Gasteiger partial charge in [0.25, 0.3) is 0 Å². The van der Waals surface area contributed by atoms with Crippen LogP contribution in [0.5, 0.6) is 0 Å². The predicted molar refractivity (Wildman–Crippen MR) is 75.3 cm³/mol. The first kappa shape index (κ1) is 13.1. The topological polar surface area (TPSA) is 29.3 Å². The lowest BCUT2D eigenvalue weighted by Gasteiger charge is -2.24. The molecule has 17 heavy (non-hydrogen) atoms. The zero-order valence-electron chi connectivity index (χ0n) is 10.9. The highest BCUT2D eigenvalue weighted by Crippen LogP contribution is 2.23. The largest absolute Gasteiger partial charge is 0.326 e. The first-order valence-corrected chi connectivity index (χ1v) is 7.62. The van der Waals surface area contributed by atoms with Crippen LogP contribution < -0.4 is 5.73 Å². The zero-order chi connectivity index (χ0) is 12.1. The summed E-state index contributed by atoms with van der Waals surface area (Å²) in [5, 5.41) is 0. The van der Waals surface area contributed by atoms with E-state index in [4.69, 9.17) is 5.73 Å². The minimum Gasteiger partial charge on any atom is -0.326 e. The molecule has 0 aromatic carbocycles. The third-order valence-corrected chi connectivity index (χ3v) is 4.73. The molecule has 0 saturated carbocycles. The standard InChI is InChI=1S/C14H24N2S/c1-12-13(9-14(10-15)17-12)11-16-7-5-3-2-4-6-8-16/h9H,2-8,10-11,15H2,1H3.